The molecule has 0 saturated carbocycles. The lowest BCUT2D eigenvalue weighted by Crippen LogP contribution is -2.52. The van der Waals surface area contributed by atoms with Crippen molar-refractivity contribution in [1.29, 1.82) is 0 Å². The quantitative estimate of drug-likeness (QED) is 0.225. The highest BCUT2D eigenvalue weighted by molar-refractivity contribution is 5.91. The fraction of sp³-hybridized carbons (Fsp3) is 0.583. The van der Waals surface area contributed by atoms with Crippen LogP contribution in [-0.4, -0.2) is 53.3 Å². The van der Waals surface area contributed by atoms with Crippen LogP contribution >= 0.6 is 0 Å². The lowest BCUT2D eigenvalue weighted by Gasteiger charge is -2.20. The number of hydrogen-bond acceptors (Lipinski definition) is 6. The minimum atomic E-state index is -1.36. The SMILES string of the molecule is NCC(=O)N[C@@H](CCC(N)=O)C(=O)N[C@@H](CCC(N)=O)C(=O)O. The summed E-state index contributed by atoms with van der Waals surface area (Å²) in [6.45, 7) is -0.385. The fourth-order valence-electron chi connectivity index (χ4n) is 1.62. The Morgan fingerprint density at radius 3 is 1.74 bits per heavy atom. The molecule has 0 saturated heterocycles. The van der Waals surface area contributed by atoms with Crippen LogP contribution in [0.4, 0.5) is 0 Å². The summed E-state index contributed by atoms with van der Waals surface area (Å²) in [5, 5.41) is 13.4. The molecule has 0 radical (unpaired) electrons. The third-order valence-corrected chi connectivity index (χ3v) is 2.81. The van der Waals surface area contributed by atoms with E-state index >= 15 is 0 Å². The minimum absolute atomic E-state index is 0.116. The number of carboxylic acids is 1. The van der Waals surface area contributed by atoms with Crippen molar-refractivity contribution < 1.29 is 29.1 Å². The van der Waals surface area contributed by atoms with Crippen molar-refractivity contribution in [2.45, 2.75) is 37.8 Å². The Morgan fingerprint density at radius 1 is 0.870 bits per heavy atom. The number of primary amides is 2. The molecule has 0 unspecified atom stereocenters. The van der Waals surface area contributed by atoms with Crippen LogP contribution in [-0.2, 0) is 24.0 Å². The van der Waals surface area contributed by atoms with Crippen molar-refractivity contribution in [2.75, 3.05) is 6.54 Å². The molecule has 0 aliphatic heterocycles. The van der Waals surface area contributed by atoms with Crippen molar-refractivity contribution in [1.82, 2.24) is 10.6 Å². The average Bonchev–Trinajstić information content (AvgIpc) is 2.46. The minimum Gasteiger partial charge on any atom is -0.480 e. The van der Waals surface area contributed by atoms with Crippen molar-refractivity contribution in [2.24, 2.45) is 17.2 Å². The monoisotopic (exact) mass is 331 g/mol. The Bertz CT molecular complexity index is 481. The second-order valence-corrected chi connectivity index (χ2v) is 4.73. The summed E-state index contributed by atoms with van der Waals surface area (Å²) in [6.07, 6.45) is -0.751. The van der Waals surface area contributed by atoms with Gasteiger partial charge in [0.15, 0.2) is 0 Å². The maximum absolute atomic E-state index is 12.1. The number of aliphatic carboxylic acids is 1. The Kier molecular flexibility index (Phi) is 8.92. The Labute approximate surface area is 131 Å². The molecule has 0 aromatic carbocycles. The highest BCUT2D eigenvalue weighted by Gasteiger charge is 2.26. The molecular weight excluding hydrogens is 310 g/mol. The molecule has 130 valence electrons. The third kappa shape index (κ3) is 9.03. The molecule has 0 spiro atoms. The lowest BCUT2D eigenvalue weighted by molar-refractivity contribution is -0.142. The number of amides is 4. The van der Waals surface area contributed by atoms with E-state index in [1.165, 1.54) is 0 Å². The van der Waals surface area contributed by atoms with Gasteiger partial charge in [0.25, 0.3) is 0 Å². The molecule has 11 nitrogen and oxygen atoms in total. The van der Waals surface area contributed by atoms with E-state index in [1.807, 2.05) is 0 Å². The standard InChI is InChI=1S/C12H21N5O6/c13-5-10(20)16-6(1-3-8(14)18)11(21)17-7(12(22)23)2-4-9(15)19/h6-7H,1-5,13H2,(H2,14,18)(H2,15,19)(H,16,20)(H,17,21)(H,22,23)/t6-,7-/m0/s1. The number of nitrogens with one attached hydrogen (secondary N) is 2. The van der Waals surface area contributed by atoms with Gasteiger partial charge < -0.3 is 32.9 Å². The molecule has 4 amide bonds. The van der Waals surface area contributed by atoms with Crippen LogP contribution in [0.5, 0.6) is 0 Å². The molecule has 0 heterocycles. The van der Waals surface area contributed by atoms with Gasteiger partial charge in [0, 0.05) is 12.8 Å². The van der Waals surface area contributed by atoms with E-state index in [4.69, 9.17) is 22.3 Å². The first kappa shape index (κ1) is 20.3. The van der Waals surface area contributed by atoms with Gasteiger partial charge in [-0.2, -0.15) is 0 Å². The topological polar surface area (TPSA) is 208 Å². The predicted octanol–water partition coefficient (Wildman–Crippen LogP) is -3.47. The zero-order valence-corrected chi connectivity index (χ0v) is 12.4. The van der Waals surface area contributed by atoms with Crippen LogP contribution in [0.2, 0.25) is 0 Å². The molecule has 0 bridgehead atoms. The van der Waals surface area contributed by atoms with Gasteiger partial charge in [0.1, 0.15) is 12.1 Å². The van der Waals surface area contributed by atoms with E-state index in [0.717, 1.165) is 0 Å². The molecule has 0 aromatic heterocycles. The van der Waals surface area contributed by atoms with Crippen molar-refractivity contribution in [3.05, 3.63) is 0 Å². The molecule has 0 rings (SSSR count). The van der Waals surface area contributed by atoms with Gasteiger partial charge in [-0.3, -0.25) is 19.2 Å². The summed E-state index contributed by atoms with van der Waals surface area (Å²) < 4.78 is 0. The number of nitrogens with two attached hydrogens (primary N) is 3. The molecule has 0 aliphatic rings. The zero-order chi connectivity index (χ0) is 18.0. The van der Waals surface area contributed by atoms with E-state index in [0.29, 0.717) is 0 Å². The maximum atomic E-state index is 12.1. The first-order valence-electron chi connectivity index (χ1n) is 6.76. The molecular formula is C12H21N5O6. The zero-order valence-electron chi connectivity index (χ0n) is 12.4. The van der Waals surface area contributed by atoms with Crippen molar-refractivity contribution in [3.63, 3.8) is 0 Å². The summed E-state index contributed by atoms with van der Waals surface area (Å²) >= 11 is 0. The Balaban J connectivity index is 4.86. The van der Waals surface area contributed by atoms with Gasteiger partial charge in [-0.05, 0) is 12.8 Å². The van der Waals surface area contributed by atoms with E-state index in [9.17, 15) is 24.0 Å². The molecule has 0 fully saturated rings. The number of carboxylic acid groups (broad SMARTS) is 1. The Morgan fingerprint density at radius 2 is 1.35 bits per heavy atom. The van der Waals surface area contributed by atoms with Gasteiger partial charge in [0.05, 0.1) is 6.54 Å². The number of rotatable bonds is 11. The van der Waals surface area contributed by atoms with Gasteiger partial charge in [-0.15, -0.1) is 0 Å². The van der Waals surface area contributed by atoms with Crippen LogP contribution in [0.3, 0.4) is 0 Å². The van der Waals surface area contributed by atoms with E-state index in [2.05, 4.69) is 10.6 Å². The maximum Gasteiger partial charge on any atom is 0.326 e. The second-order valence-electron chi connectivity index (χ2n) is 4.73. The Hall–Kier alpha value is -2.69. The summed E-state index contributed by atoms with van der Waals surface area (Å²) in [4.78, 5) is 55.9. The van der Waals surface area contributed by atoms with Crippen molar-refractivity contribution >= 4 is 29.6 Å². The number of hydrogen-bond donors (Lipinski definition) is 6. The summed E-state index contributed by atoms with van der Waals surface area (Å²) in [6, 6.07) is -2.53. The first-order chi connectivity index (χ1) is 10.7. The molecule has 9 N–H and O–H groups in total. The smallest absolute Gasteiger partial charge is 0.326 e. The third-order valence-electron chi connectivity index (χ3n) is 2.81. The largest absolute Gasteiger partial charge is 0.480 e. The molecule has 11 heteroatoms. The normalized spacial score (nSPS) is 12.7. The molecule has 2 atom stereocenters. The second kappa shape index (κ2) is 10.1. The molecule has 0 aliphatic carbocycles. The molecule has 23 heavy (non-hydrogen) atoms. The number of carbonyl (C=O) groups is 5. The van der Waals surface area contributed by atoms with E-state index < -0.39 is 41.7 Å². The lowest BCUT2D eigenvalue weighted by atomic mass is 10.1. The van der Waals surface area contributed by atoms with Gasteiger partial charge >= 0.3 is 5.97 Å². The van der Waals surface area contributed by atoms with Gasteiger partial charge in [0.2, 0.25) is 23.6 Å². The van der Waals surface area contributed by atoms with Gasteiger partial charge in [-0.25, -0.2) is 4.79 Å². The van der Waals surface area contributed by atoms with Crippen LogP contribution in [0.15, 0.2) is 0 Å². The predicted molar refractivity (Wildman–Crippen MR) is 77.4 cm³/mol. The van der Waals surface area contributed by atoms with E-state index in [1.54, 1.807) is 0 Å². The van der Waals surface area contributed by atoms with E-state index in [-0.39, 0.29) is 32.2 Å². The first-order valence-corrected chi connectivity index (χ1v) is 6.76. The number of carbonyl (C=O) groups excluding carboxylic acids is 4. The summed E-state index contributed by atoms with van der Waals surface area (Å²) in [5.41, 5.74) is 15.0. The summed E-state index contributed by atoms with van der Waals surface area (Å²) in [7, 11) is 0. The van der Waals surface area contributed by atoms with Crippen molar-refractivity contribution in [3.8, 4) is 0 Å². The average molecular weight is 331 g/mol. The fourth-order valence-corrected chi connectivity index (χ4v) is 1.62. The van der Waals surface area contributed by atoms with Crippen LogP contribution in [0.1, 0.15) is 25.7 Å². The van der Waals surface area contributed by atoms with Crippen LogP contribution in [0, 0.1) is 0 Å². The van der Waals surface area contributed by atoms with Crippen LogP contribution < -0.4 is 27.8 Å². The van der Waals surface area contributed by atoms with Crippen LogP contribution in [0.25, 0.3) is 0 Å². The highest BCUT2D eigenvalue weighted by Crippen LogP contribution is 2.02. The highest BCUT2D eigenvalue weighted by atomic mass is 16.4. The molecule has 0 aromatic rings. The summed E-state index contributed by atoms with van der Waals surface area (Å²) in [5.74, 6) is -4.25. The van der Waals surface area contributed by atoms with Gasteiger partial charge in [-0.1, -0.05) is 0 Å².